The minimum Gasteiger partial charge on any atom is -0.312 e. The third kappa shape index (κ3) is 4.59. The zero-order valence-corrected chi connectivity index (χ0v) is 12.0. The van der Waals surface area contributed by atoms with Crippen LogP contribution in [0.1, 0.15) is 18.9 Å². The van der Waals surface area contributed by atoms with E-state index in [1.165, 1.54) is 36.6 Å². The Morgan fingerprint density at radius 2 is 2.28 bits per heavy atom. The van der Waals surface area contributed by atoms with Crippen molar-refractivity contribution < 1.29 is 0 Å². The molecule has 0 aromatic carbocycles. The smallest absolute Gasteiger partial charge is 0.0271 e. The van der Waals surface area contributed by atoms with Gasteiger partial charge in [0.1, 0.15) is 0 Å². The van der Waals surface area contributed by atoms with E-state index in [-0.39, 0.29) is 0 Å². The fourth-order valence-electron chi connectivity index (χ4n) is 2.24. The molecule has 0 radical (unpaired) electrons. The predicted molar refractivity (Wildman–Crippen MR) is 78.9 cm³/mol. The van der Waals surface area contributed by atoms with Gasteiger partial charge in [-0.1, -0.05) is 6.92 Å². The summed E-state index contributed by atoms with van der Waals surface area (Å²) in [7, 11) is 0. The monoisotopic (exact) mass is 265 g/mol. The summed E-state index contributed by atoms with van der Waals surface area (Å²) in [4.78, 5) is 6.58. The van der Waals surface area contributed by atoms with E-state index in [9.17, 15) is 0 Å². The Hall–Kier alpha value is -0.580. The summed E-state index contributed by atoms with van der Waals surface area (Å²) in [5, 5.41) is 3.60. The van der Waals surface area contributed by atoms with E-state index >= 15 is 0 Å². The maximum atomic E-state index is 4.07. The molecule has 0 spiro atoms. The lowest BCUT2D eigenvalue weighted by atomic mass is 10.2. The first-order chi connectivity index (χ1) is 8.88. The van der Waals surface area contributed by atoms with Gasteiger partial charge in [0.2, 0.25) is 0 Å². The van der Waals surface area contributed by atoms with Crippen LogP contribution in [0.5, 0.6) is 0 Å². The minimum absolute atomic E-state index is 0.704. The second-order valence-electron chi connectivity index (χ2n) is 4.74. The molecule has 1 saturated heterocycles. The summed E-state index contributed by atoms with van der Waals surface area (Å²) in [5.41, 5.74) is 1.36. The van der Waals surface area contributed by atoms with Gasteiger partial charge in [-0.05, 0) is 37.2 Å². The highest BCUT2D eigenvalue weighted by Gasteiger charge is 2.14. The van der Waals surface area contributed by atoms with E-state index in [0.717, 1.165) is 13.1 Å². The molecule has 1 fully saturated rings. The Balaban J connectivity index is 1.75. The second kappa shape index (κ2) is 7.77. The molecule has 0 amide bonds. The lowest BCUT2D eigenvalue weighted by Crippen LogP contribution is -2.40. The van der Waals surface area contributed by atoms with Crippen molar-refractivity contribution in [3.05, 3.63) is 30.1 Å². The van der Waals surface area contributed by atoms with E-state index in [0.29, 0.717) is 6.04 Å². The Morgan fingerprint density at radius 1 is 1.44 bits per heavy atom. The number of nitrogens with one attached hydrogen (secondary N) is 1. The molecular weight excluding hydrogens is 242 g/mol. The maximum Gasteiger partial charge on any atom is 0.0271 e. The third-order valence-corrected chi connectivity index (χ3v) is 4.53. The van der Waals surface area contributed by atoms with E-state index in [4.69, 9.17) is 0 Å². The minimum atomic E-state index is 0.704. The van der Waals surface area contributed by atoms with Gasteiger partial charge in [-0.15, -0.1) is 0 Å². The lowest BCUT2D eigenvalue weighted by molar-refractivity contribution is 0.264. The average molecular weight is 265 g/mol. The van der Waals surface area contributed by atoms with Crippen molar-refractivity contribution in [3.8, 4) is 0 Å². The van der Waals surface area contributed by atoms with Crippen molar-refractivity contribution in [2.24, 2.45) is 0 Å². The van der Waals surface area contributed by atoms with Crippen LogP contribution in [0.4, 0.5) is 0 Å². The number of nitrogens with zero attached hydrogens (tertiary/aromatic N) is 2. The van der Waals surface area contributed by atoms with Crippen molar-refractivity contribution in [2.45, 2.75) is 25.9 Å². The molecule has 18 heavy (non-hydrogen) atoms. The molecule has 1 atom stereocenters. The lowest BCUT2D eigenvalue weighted by Gasteiger charge is -2.27. The van der Waals surface area contributed by atoms with Gasteiger partial charge in [-0.2, -0.15) is 11.8 Å². The first kappa shape index (κ1) is 13.8. The molecule has 0 saturated carbocycles. The number of pyridine rings is 1. The van der Waals surface area contributed by atoms with Crippen LogP contribution < -0.4 is 5.32 Å². The number of rotatable bonds is 6. The van der Waals surface area contributed by atoms with Crippen molar-refractivity contribution in [3.63, 3.8) is 0 Å². The molecule has 1 aromatic rings. The molecule has 4 heteroatoms. The molecule has 1 unspecified atom stereocenters. The van der Waals surface area contributed by atoms with Crippen LogP contribution in [-0.2, 0) is 6.54 Å². The summed E-state index contributed by atoms with van der Waals surface area (Å²) in [6.45, 7) is 6.74. The van der Waals surface area contributed by atoms with Gasteiger partial charge in [0.15, 0.2) is 0 Å². The summed E-state index contributed by atoms with van der Waals surface area (Å²) in [5.74, 6) is 2.54. The van der Waals surface area contributed by atoms with E-state index in [1.807, 2.05) is 12.4 Å². The molecule has 0 aliphatic carbocycles. The van der Waals surface area contributed by atoms with Crippen molar-refractivity contribution in [1.29, 1.82) is 0 Å². The highest BCUT2D eigenvalue weighted by atomic mass is 32.2. The molecule has 1 N–H and O–H groups in total. The molecule has 2 rings (SSSR count). The predicted octanol–water partition coefficient (Wildman–Crippen LogP) is 2.00. The highest BCUT2D eigenvalue weighted by molar-refractivity contribution is 7.99. The van der Waals surface area contributed by atoms with Crippen LogP contribution in [0.15, 0.2) is 24.5 Å². The fourth-order valence-corrected chi connectivity index (χ4v) is 3.24. The first-order valence-electron chi connectivity index (χ1n) is 6.81. The summed E-state index contributed by atoms with van der Waals surface area (Å²) in [6, 6.07) is 4.92. The summed E-state index contributed by atoms with van der Waals surface area (Å²) < 4.78 is 0. The molecule has 1 aliphatic rings. The van der Waals surface area contributed by atoms with Gasteiger partial charge in [-0.3, -0.25) is 9.88 Å². The maximum absolute atomic E-state index is 4.07. The molecule has 3 nitrogen and oxygen atoms in total. The van der Waals surface area contributed by atoms with Gasteiger partial charge in [-0.25, -0.2) is 0 Å². The van der Waals surface area contributed by atoms with E-state index < -0.39 is 0 Å². The van der Waals surface area contributed by atoms with Crippen LogP contribution in [-0.4, -0.2) is 47.1 Å². The Labute approximate surface area is 114 Å². The quantitative estimate of drug-likeness (QED) is 0.851. The van der Waals surface area contributed by atoms with Gasteiger partial charge in [0, 0.05) is 43.0 Å². The Morgan fingerprint density at radius 3 is 2.94 bits per heavy atom. The van der Waals surface area contributed by atoms with Gasteiger partial charge in [0.05, 0.1) is 0 Å². The van der Waals surface area contributed by atoms with Gasteiger partial charge < -0.3 is 5.32 Å². The SMILES string of the molecule is CCN(CCC1CSCCN1)Cc1ccncc1. The molecule has 1 aliphatic heterocycles. The van der Waals surface area contributed by atoms with Crippen LogP contribution in [0.25, 0.3) is 0 Å². The van der Waals surface area contributed by atoms with Crippen molar-refractivity contribution >= 4 is 11.8 Å². The van der Waals surface area contributed by atoms with Crippen LogP contribution >= 0.6 is 11.8 Å². The van der Waals surface area contributed by atoms with Gasteiger partial charge in [0.25, 0.3) is 0 Å². The number of aromatic nitrogens is 1. The zero-order valence-electron chi connectivity index (χ0n) is 11.1. The van der Waals surface area contributed by atoms with Gasteiger partial charge >= 0.3 is 0 Å². The van der Waals surface area contributed by atoms with E-state index in [2.05, 4.69) is 46.0 Å². The fraction of sp³-hybridized carbons (Fsp3) is 0.643. The topological polar surface area (TPSA) is 28.2 Å². The Bertz CT molecular complexity index is 325. The normalized spacial score (nSPS) is 20.2. The third-order valence-electron chi connectivity index (χ3n) is 3.39. The van der Waals surface area contributed by atoms with Crippen LogP contribution in [0.2, 0.25) is 0 Å². The average Bonchev–Trinajstić information content (AvgIpc) is 2.45. The highest BCUT2D eigenvalue weighted by Crippen LogP contribution is 2.11. The van der Waals surface area contributed by atoms with Crippen LogP contribution in [0, 0.1) is 0 Å². The number of hydrogen-bond donors (Lipinski definition) is 1. The van der Waals surface area contributed by atoms with Crippen molar-refractivity contribution in [2.75, 3.05) is 31.1 Å². The number of hydrogen-bond acceptors (Lipinski definition) is 4. The molecule has 2 heterocycles. The molecule has 100 valence electrons. The molecule has 0 bridgehead atoms. The largest absolute Gasteiger partial charge is 0.312 e. The standard InChI is InChI=1S/C14H23N3S/c1-2-17(11-13-3-6-15-7-4-13)9-5-14-12-18-10-8-16-14/h3-4,6-7,14,16H,2,5,8-12H2,1H3. The summed E-state index contributed by atoms with van der Waals surface area (Å²) >= 11 is 2.08. The second-order valence-corrected chi connectivity index (χ2v) is 5.89. The van der Waals surface area contributed by atoms with Crippen LogP contribution in [0.3, 0.4) is 0 Å². The zero-order chi connectivity index (χ0) is 12.6. The molecular formula is C14H23N3S. The first-order valence-corrected chi connectivity index (χ1v) is 7.96. The van der Waals surface area contributed by atoms with Crippen molar-refractivity contribution in [1.82, 2.24) is 15.2 Å². The Kier molecular flexibility index (Phi) is 5.97. The number of thioether (sulfide) groups is 1. The summed E-state index contributed by atoms with van der Waals surface area (Å²) in [6.07, 6.45) is 5.01. The van der Waals surface area contributed by atoms with E-state index in [1.54, 1.807) is 0 Å². The molecule has 1 aromatic heterocycles.